The van der Waals surface area contributed by atoms with Crippen molar-refractivity contribution in [1.82, 2.24) is 20.1 Å². The molecule has 0 aliphatic carbocycles. The Bertz CT molecular complexity index is 577. The van der Waals surface area contributed by atoms with Crippen LogP contribution >= 0.6 is 11.3 Å². The highest BCUT2D eigenvalue weighted by Gasteiger charge is 2.29. The van der Waals surface area contributed by atoms with Crippen molar-refractivity contribution in [3.8, 4) is 0 Å². The van der Waals surface area contributed by atoms with Gasteiger partial charge >= 0.3 is 0 Å². The topological polar surface area (TPSA) is 55.1 Å². The van der Waals surface area contributed by atoms with E-state index in [4.69, 9.17) is 4.42 Å². The second kappa shape index (κ2) is 5.61. The summed E-state index contributed by atoms with van der Waals surface area (Å²) in [4.78, 5) is 7.02. The molecular formula is C14H20N4OS. The van der Waals surface area contributed by atoms with Crippen LogP contribution in [-0.4, -0.2) is 26.6 Å². The lowest BCUT2D eigenvalue weighted by molar-refractivity contribution is 0.218. The average molecular weight is 292 g/mol. The van der Waals surface area contributed by atoms with E-state index < -0.39 is 0 Å². The Kier molecular flexibility index (Phi) is 3.85. The number of hydrogen-bond acceptors (Lipinski definition) is 6. The molecule has 1 fully saturated rings. The highest BCUT2D eigenvalue weighted by molar-refractivity contribution is 7.09. The molecule has 20 heavy (non-hydrogen) atoms. The third-order valence-electron chi connectivity index (χ3n) is 3.66. The highest BCUT2D eigenvalue weighted by Crippen LogP contribution is 2.33. The molecule has 6 heteroatoms. The highest BCUT2D eigenvalue weighted by atomic mass is 32.1. The smallest absolute Gasteiger partial charge is 0.230 e. The van der Waals surface area contributed by atoms with Gasteiger partial charge < -0.3 is 4.42 Å². The minimum absolute atomic E-state index is 0.284. The first kappa shape index (κ1) is 13.7. The summed E-state index contributed by atoms with van der Waals surface area (Å²) in [5, 5.41) is 11.6. The van der Waals surface area contributed by atoms with Gasteiger partial charge in [-0.15, -0.1) is 21.5 Å². The van der Waals surface area contributed by atoms with Crippen molar-refractivity contribution in [3.63, 3.8) is 0 Å². The molecular weight excluding hydrogens is 272 g/mol. The number of likely N-dealkylation sites (tertiary alicyclic amines) is 1. The number of aromatic nitrogens is 3. The second-order valence-electron chi connectivity index (χ2n) is 5.61. The van der Waals surface area contributed by atoms with E-state index in [1.165, 1.54) is 12.1 Å². The number of thiazole rings is 1. The molecule has 1 aliphatic rings. The van der Waals surface area contributed by atoms with Crippen LogP contribution in [0.3, 0.4) is 0 Å². The molecule has 0 N–H and O–H groups in total. The Hall–Kier alpha value is -1.27. The molecule has 3 heterocycles. The lowest BCUT2D eigenvalue weighted by Gasteiger charge is -2.21. The van der Waals surface area contributed by atoms with Crippen molar-refractivity contribution in [2.45, 2.75) is 52.1 Å². The largest absolute Gasteiger partial charge is 0.424 e. The summed E-state index contributed by atoms with van der Waals surface area (Å²) < 4.78 is 5.71. The van der Waals surface area contributed by atoms with E-state index in [1.807, 2.05) is 0 Å². The molecule has 1 saturated heterocycles. The van der Waals surface area contributed by atoms with Gasteiger partial charge in [0.1, 0.15) is 0 Å². The van der Waals surface area contributed by atoms with Gasteiger partial charge in [-0.25, -0.2) is 4.98 Å². The number of rotatable bonds is 4. The van der Waals surface area contributed by atoms with Crippen LogP contribution in [0.2, 0.25) is 0 Å². The van der Waals surface area contributed by atoms with Gasteiger partial charge in [0.05, 0.1) is 23.3 Å². The molecule has 0 aromatic carbocycles. The standard InChI is InChI=1S/C14H20N4OS/c1-9(2)14-17-16-13(19-14)7-18-6-4-5-12(18)11-8-20-10(3)15-11/h8-9,12H,4-7H2,1-3H3/t12-/m1/s1. The lowest BCUT2D eigenvalue weighted by Crippen LogP contribution is -2.23. The minimum Gasteiger partial charge on any atom is -0.424 e. The summed E-state index contributed by atoms with van der Waals surface area (Å²) in [6.45, 7) is 7.98. The quantitative estimate of drug-likeness (QED) is 0.865. The van der Waals surface area contributed by atoms with E-state index in [-0.39, 0.29) is 5.92 Å². The summed E-state index contributed by atoms with van der Waals surface area (Å²) in [5.41, 5.74) is 1.19. The van der Waals surface area contributed by atoms with Crippen LogP contribution in [0.1, 0.15) is 61.1 Å². The number of aryl methyl sites for hydroxylation is 1. The van der Waals surface area contributed by atoms with E-state index in [0.717, 1.165) is 30.4 Å². The molecule has 0 amide bonds. The van der Waals surface area contributed by atoms with Gasteiger partial charge in [0.25, 0.3) is 0 Å². The van der Waals surface area contributed by atoms with Gasteiger partial charge in [-0.2, -0.15) is 0 Å². The van der Waals surface area contributed by atoms with Crippen molar-refractivity contribution in [1.29, 1.82) is 0 Å². The first-order valence-corrected chi connectivity index (χ1v) is 8.00. The fourth-order valence-electron chi connectivity index (χ4n) is 2.62. The number of hydrogen-bond donors (Lipinski definition) is 0. The summed E-state index contributed by atoms with van der Waals surface area (Å²) >= 11 is 1.72. The molecule has 0 saturated carbocycles. The third kappa shape index (κ3) is 2.76. The van der Waals surface area contributed by atoms with Gasteiger partial charge in [0.2, 0.25) is 11.8 Å². The van der Waals surface area contributed by atoms with Crippen molar-refractivity contribution >= 4 is 11.3 Å². The van der Waals surface area contributed by atoms with Crippen LogP contribution < -0.4 is 0 Å². The summed E-state index contributed by atoms with van der Waals surface area (Å²) in [6, 6.07) is 0.398. The first-order valence-electron chi connectivity index (χ1n) is 7.12. The molecule has 3 rings (SSSR count). The molecule has 1 aliphatic heterocycles. The molecule has 108 valence electrons. The first-order chi connectivity index (χ1) is 9.63. The Morgan fingerprint density at radius 3 is 2.95 bits per heavy atom. The lowest BCUT2D eigenvalue weighted by atomic mass is 10.2. The molecule has 2 aromatic heterocycles. The van der Waals surface area contributed by atoms with Gasteiger partial charge in [-0.3, -0.25) is 4.90 Å². The van der Waals surface area contributed by atoms with Gasteiger partial charge in [-0.1, -0.05) is 13.8 Å². The Morgan fingerprint density at radius 2 is 2.30 bits per heavy atom. The van der Waals surface area contributed by atoms with Crippen LogP contribution in [0, 0.1) is 6.92 Å². The average Bonchev–Trinajstić information content (AvgIpc) is 3.09. The van der Waals surface area contributed by atoms with E-state index in [2.05, 4.69) is 46.2 Å². The molecule has 1 atom stereocenters. The predicted octanol–water partition coefficient (Wildman–Crippen LogP) is 3.30. The monoisotopic (exact) mass is 292 g/mol. The fraction of sp³-hybridized carbons (Fsp3) is 0.643. The molecule has 0 bridgehead atoms. The summed E-state index contributed by atoms with van der Waals surface area (Å²) in [6.07, 6.45) is 2.36. The van der Waals surface area contributed by atoms with Gasteiger partial charge in [0, 0.05) is 11.3 Å². The van der Waals surface area contributed by atoms with E-state index >= 15 is 0 Å². The predicted molar refractivity (Wildman–Crippen MR) is 77.6 cm³/mol. The molecule has 0 unspecified atom stereocenters. The van der Waals surface area contributed by atoms with Crippen molar-refractivity contribution in [2.75, 3.05) is 6.54 Å². The zero-order valence-electron chi connectivity index (χ0n) is 12.2. The third-order valence-corrected chi connectivity index (χ3v) is 4.45. The maximum absolute atomic E-state index is 5.71. The molecule has 0 radical (unpaired) electrons. The van der Waals surface area contributed by atoms with Crippen LogP contribution in [-0.2, 0) is 6.54 Å². The van der Waals surface area contributed by atoms with Crippen molar-refractivity contribution in [3.05, 3.63) is 27.9 Å². The molecule has 2 aromatic rings. The van der Waals surface area contributed by atoms with E-state index in [0.29, 0.717) is 11.9 Å². The minimum atomic E-state index is 0.284. The maximum atomic E-state index is 5.71. The van der Waals surface area contributed by atoms with Crippen LogP contribution in [0.15, 0.2) is 9.80 Å². The summed E-state index contributed by atoms with van der Waals surface area (Å²) in [5.74, 6) is 1.72. The zero-order valence-corrected chi connectivity index (χ0v) is 13.0. The van der Waals surface area contributed by atoms with Crippen molar-refractivity contribution < 1.29 is 4.42 Å². The van der Waals surface area contributed by atoms with Gasteiger partial charge in [-0.05, 0) is 26.3 Å². The van der Waals surface area contributed by atoms with Crippen LogP contribution in [0.25, 0.3) is 0 Å². The Morgan fingerprint density at radius 1 is 1.45 bits per heavy atom. The molecule has 5 nitrogen and oxygen atoms in total. The molecule has 0 spiro atoms. The fourth-order valence-corrected chi connectivity index (χ4v) is 3.28. The maximum Gasteiger partial charge on any atom is 0.230 e. The SMILES string of the molecule is Cc1nc([C@H]2CCCN2Cc2nnc(C(C)C)o2)cs1. The summed E-state index contributed by atoms with van der Waals surface area (Å²) in [7, 11) is 0. The Balaban J connectivity index is 1.72. The van der Waals surface area contributed by atoms with Crippen LogP contribution in [0.5, 0.6) is 0 Å². The number of nitrogens with zero attached hydrogens (tertiary/aromatic N) is 4. The van der Waals surface area contributed by atoms with E-state index in [1.54, 1.807) is 11.3 Å². The van der Waals surface area contributed by atoms with Crippen LogP contribution in [0.4, 0.5) is 0 Å². The Labute approximate surface area is 123 Å². The zero-order chi connectivity index (χ0) is 14.1. The normalized spacial score (nSPS) is 20.1. The van der Waals surface area contributed by atoms with Crippen molar-refractivity contribution in [2.24, 2.45) is 0 Å². The second-order valence-corrected chi connectivity index (χ2v) is 6.67. The van der Waals surface area contributed by atoms with E-state index in [9.17, 15) is 0 Å². The van der Waals surface area contributed by atoms with Gasteiger partial charge in [0.15, 0.2) is 0 Å².